The number of anilines is 6. The summed E-state index contributed by atoms with van der Waals surface area (Å²) in [7, 11) is 0. The average Bonchev–Trinajstić information content (AvgIpc) is 3.46. The quantitative estimate of drug-likeness (QED) is 0.181. The SMILES string of the molecule is Fc1ccc(Nc2nc(Nc3ccccc3)nc(Nc3ccc(C4=NOC(c5cccc(Cl)c5)C4)cc3)n2)cc1. The molecule has 5 aromatic rings. The highest BCUT2D eigenvalue weighted by Gasteiger charge is 2.24. The van der Waals surface area contributed by atoms with E-state index in [4.69, 9.17) is 16.4 Å². The van der Waals surface area contributed by atoms with Crippen LogP contribution in [0.1, 0.15) is 23.7 Å². The summed E-state index contributed by atoms with van der Waals surface area (Å²) in [5.74, 6) is 0.639. The van der Waals surface area contributed by atoms with Crippen molar-refractivity contribution in [2.24, 2.45) is 5.16 Å². The summed E-state index contributed by atoms with van der Waals surface area (Å²) in [5, 5.41) is 14.5. The number of aromatic nitrogens is 3. The van der Waals surface area contributed by atoms with Crippen molar-refractivity contribution in [3.63, 3.8) is 0 Å². The van der Waals surface area contributed by atoms with Crippen LogP contribution in [0.25, 0.3) is 0 Å². The molecule has 40 heavy (non-hydrogen) atoms. The summed E-state index contributed by atoms with van der Waals surface area (Å²) in [6.45, 7) is 0. The summed E-state index contributed by atoms with van der Waals surface area (Å²) in [5.41, 5.74) is 5.05. The molecule has 10 heteroatoms. The van der Waals surface area contributed by atoms with Gasteiger partial charge in [0.1, 0.15) is 5.82 Å². The minimum atomic E-state index is -0.325. The minimum absolute atomic E-state index is 0.167. The Hall–Kier alpha value is -5.02. The number of rotatable bonds is 8. The first-order chi connectivity index (χ1) is 19.6. The summed E-state index contributed by atoms with van der Waals surface area (Å²) in [6, 6.07) is 30.9. The third-order valence-electron chi connectivity index (χ3n) is 6.13. The number of halogens is 2. The number of benzene rings is 4. The molecule has 0 aliphatic carbocycles. The highest BCUT2D eigenvalue weighted by molar-refractivity contribution is 6.30. The van der Waals surface area contributed by atoms with E-state index in [1.807, 2.05) is 78.9 Å². The maximum Gasteiger partial charge on any atom is 0.233 e. The summed E-state index contributed by atoms with van der Waals surface area (Å²) >= 11 is 6.13. The van der Waals surface area contributed by atoms with Gasteiger partial charge in [-0.1, -0.05) is 59.2 Å². The number of nitrogens with one attached hydrogen (secondary N) is 3. The maximum atomic E-state index is 13.4. The van der Waals surface area contributed by atoms with E-state index in [0.29, 0.717) is 35.0 Å². The normalized spacial score (nSPS) is 14.2. The number of oxime groups is 1. The van der Waals surface area contributed by atoms with Gasteiger partial charge in [0.15, 0.2) is 6.10 Å². The smallest absolute Gasteiger partial charge is 0.233 e. The minimum Gasteiger partial charge on any atom is -0.387 e. The van der Waals surface area contributed by atoms with E-state index in [-0.39, 0.29) is 11.9 Å². The fourth-order valence-electron chi connectivity index (χ4n) is 4.17. The van der Waals surface area contributed by atoms with Gasteiger partial charge in [-0.15, -0.1) is 0 Å². The van der Waals surface area contributed by atoms with E-state index in [1.54, 1.807) is 12.1 Å². The van der Waals surface area contributed by atoms with Gasteiger partial charge in [0.2, 0.25) is 17.8 Å². The van der Waals surface area contributed by atoms with E-state index in [0.717, 1.165) is 28.2 Å². The zero-order valence-electron chi connectivity index (χ0n) is 21.1. The molecule has 0 radical (unpaired) electrons. The Morgan fingerprint density at radius 2 is 1.25 bits per heavy atom. The molecule has 8 nitrogen and oxygen atoms in total. The zero-order chi connectivity index (χ0) is 27.3. The zero-order valence-corrected chi connectivity index (χ0v) is 21.8. The molecule has 0 fully saturated rings. The van der Waals surface area contributed by atoms with E-state index in [1.165, 1.54) is 12.1 Å². The molecule has 198 valence electrons. The van der Waals surface area contributed by atoms with Crippen LogP contribution < -0.4 is 16.0 Å². The van der Waals surface area contributed by atoms with Gasteiger partial charge in [-0.2, -0.15) is 15.0 Å². The van der Waals surface area contributed by atoms with Gasteiger partial charge >= 0.3 is 0 Å². The molecule has 1 aliphatic rings. The van der Waals surface area contributed by atoms with Crippen molar-refractivity contribution in [1.82, 2.24) is 15.0 Å². The Bertz CT molecular complexity index is 1650. The molecule has 0 amide bonds. The first kappa shape index (κ1) is 25.3. The predicted molar refractivity (Wildman–Crippen MR) is 155 cm³/mol. The van der Waals surface area contributed by atoms with E-state index >= 15 is 0 Å². The lowest BCUT2D eigenvalue weighted by molar-refractivity contribution is 0.0857. The van der Waals surface area contributed by atoms with Crippen molar-refractivity contribution < 1.29 is 9.23 Å². The van der Waals surface area contributed by atoms with Gasteiger partial charge in [0.05, 0.1) is 5.71 Å². The fourth-order valence-corrected chi connectivity index (χ4v) is 4.36. The molecular formula is C30H23ClFN7O. The maximum absolute atomic E-state index is 13.4. The van der Waals surface area contributed by atoms with Crippen LogP contribution in [0.2, 0.25) is 5.02 Å². The molecule has 0 bridgehead atoms. The lowest BCUT2D eigenvalue weighted by atomic mass is 10.0. The molecular weight excluding hydrogens is 529 g/mol. The first-order valence-corrected chi connectivity index (χ1v) is 12.9. The molecule has 1 aliphatic heterocycles. The fraction of sp³-hybridized carbons (Fsp3) is 0.0667. The molecule has 4 aromatic carbocycles. The lowest BCUT2D eigenvalue weighted by Gasteiger charge is -2.12. The highest BCUT2D eigenvalue weighted by atomic mass is 35.5. The number of para-hydroxylation sites is 1. The third kappa shape index (κ3) is 6.16. The van der Waals surface area contributed by atoms with Crippen molar-refractivity contribution in [3.05, 3.63) is 125 Å². The van der Waals surface area contributed by atoms with Gasteiger partial charge in [0, 0.05) is 28.5 Å². The van der Waals surface area contributed by atoms with Gasteiger partial charge < -0.3 is 20.8 Å². The second kappa shape index (κ2) is 11.4. The van der Waals surface area contributed by atoms with Crippen molar-refractivity contribution in [2.45, 2.75) is 12.5 Å². The molecule has 1 aromatic heterocycles. The molecule has 3 N–H and O–H groups in total. The van der Waals surface area contributed by atoms with Gasteiger partial charge in [0.25, 0.3) is 0 Å². The Balaban J connectivity index is 1.19. The Labute approximate surface area is 234 Å². The van der Waals surface area contributed by atoms with Crippen molar-refractivity contribution in [2.75, 3.05) is 16.0 Å². The first-order valence-electron chi connectivity index (χ1n) is 12.5. The molecule has 0 saturated heterocycles. The average molecular weight is 552 g/mol. The summed E-state index contributed by atoms with van der Waals surface area (Å²) in [4.78, 5) is 19.2. The van der Waals surface area contributed by atoms with Crippen LogP contribution in [0.5, 0.6) is 0 Å². The monoisotopic (exact) mass is 551 g/mol. The van der Waals surface area contributed by atoms with E-state index in [9.17, 15) is 4.39 Å². The predicted octanol–water partition coefficient (Wildman–Crippen LogP) is 7.76. The van der Waals surface area contributed by atoms with Gasteiger partial charge in [-0.3, -0.25) is 0 Å². The largest absolute Gasteiger partial charge is 0.387 e. The van der Waals surface area contributed by atoms with Crippen molar-refractivity contribution in [1.29, 1.82) is 0 Å². The molecule has 6 rings (SSSR count). The van der Waals surface area contributed by atoms with Gasteiger partial charge in [-0.25, -0.2) is 4.39 Å². The molecule has 0 saturated carbocycles. The van der Waals surface area contributed by atoms with Crippen LogP contribution in [0.3, 0.4) is 0 Å². The number of hydrogen-bond acceptors (Lipinski definition) is 8. The van der Waals surface area contributed by atoms with Crippen molar-refractivity contribution >= 4 is 52.2 Å². The second-order valence-electron chi connectivity index (χ2n) is 9.02. The van der Waals surface area contributed by atoms with E-state index < -0.39 is 0 Å². The second-order valence-corrected chi connectivity index (χ2v) is 9.46. The number of nitrogens with zero attached hydrogens (tertiary/aromatic N) is 4. The van der Waals surface area contributed by atoms with Crippen LogP contribution in [-0.2, 0) is 4.84 Å². The van der Waals surface area contributed by atoms with Crippen LogP contribution in [0, 0.1) is 5.82 Å². The Morgan fingerprint density at radius 3 is 1.85 bits per heavy atom. The Morgan fingerprint density at radius 1 is 0.675 bits per heavy atom. The third-order valence-corrected chi connectivity index (χ3v) is 6.36. The van der Waals surface area contributed by atoms with Crippen LogP contribution >= 0.6 is 11.6 Å². The lowest BCUT2D eigenvalue weighted by Crippen LogP contribution is -2.07. The van der Waals surface area contributed by atoms with Gasteiger partial charge in [-0.05, 0) is 71.8 Å². The molecule has 2 heterocycles. The molecule has 0 spiro atoms. The number of hydrogen-bond donors (Lipinski definition) is 3. The molecule has 1 unspecified atom stereocenters. The topological polar surface area (TPSA) is 96.4 Å². The highest BCUT2D eigenvalue weighted by Crippen LogP contribution is 2.31. The van der Waals surface area contributed by atoms with Crippen LogP contribution in [0.15, 0.2) is 108 Å². The molecule has 1 atom stereocenters. The van der Waals surface area contributed by atoms with Crippen LogP contribution in [0.4, 0.5) is 39.3 Å². The standard InChI is InChI=1S/C30H23ClFN7O/c31-21-6-4-5-20(17-21)27-18-26(39-40-27)19-9-13-24(14-10-19)34-29-36-28(33-23-7-2-1-3-8-23)37-30(38-29)35-25-15-11-22(32)12-16-25/h1-17,27H,18H2,(H3,33,34,35,36,37,38). The van der Waals surface area contributed by atoms with Crippen molar-refractivity contribution in [3.8, 4) is 0 Å². The van der Waals surface area contributed by atoms with E-state index in [2.05, 4.69) is 36.1 Å². The summed E-state index contributed by atoms with van der Waals surface area (Å²) < 4.78 is 13.4. The Kier molecular flexibility index (Phi) is 7.19. The van der Waals surface area contributed by atoms with Crippen LogP contribution in [-0.4, -0.2) is 20.7 Å². The summed E-state index contributed by atoms with van der Waals surface area (Å²) in [6.07, 6.45) is 0.479.